The van der Waals surface area contributed by atoms with Crippen molar-refractivity contribution in [2.45, 2.75) is 13.5 Å². The van der Waals surface area contributed by atoms with Crippen LogP contribution in [0.5, 0.6) is 11.5 Å². The molecule has 0 amide bonds. The van der Waals surface area contributed by atoms with Crippen LogP contribution in [-0.4, -0.2) is 0 Å². The minimum atomic E-state index is -0.503. The van der Waals surface area contributed by atoms with Crippen LogP contribution in [0.3, 0.4) is 0 Å². The molecule has 0 unspecified atom stereocenters. The lowest BCUT2D eigenvalue weighted by Crippen LogP contribution is -2.01. The standard InChI is InChI=1S/C14H13ClFNO/c1-9-3-2-4-10(8-17)14(9)18-11-5-6-12(15)13(16)7-11/h2-7H,8,17H2,1H3. The van der Waals surface area contributed by atoms with Crippen LogP contribution in [0.4, 0.5) is 4.39 Å². The average molecular weight is 266 g/mol. The molecule has 2 nitrogen and oxygen atoms in total. The monoisotopic (exact) mass is 265 g/mol. The third-order valence-electron chi connectivity index (χ3n) is 2.62. The third kappa shape index (κ3) is 2.63. The van der Waals surface area contributed by atoms with Gasteiger partial charge in [0.2, 0.25) is 0 Å². The summed E-state index contributed by atoms with van der Waals surface area (Å²) in [7, 11) is 0. The second kappa shape index (κ2) is 5.38. The second-order valence-electron chi connectivity index (χ2n) is 3.95. The smallest absolute Gasteiger partial charge is 0.145 e. The molecule has 0 heterocycles. The van der Waals surface area contributed by atoms with Gasteiger partial charge in [0.15, 0.2) is 0 Å². The molecule has 0 fully saturated rings. The van der Waals surface area contributed by atoms with Crippen LogP contribution < -0.4 is 10.5 Å². The minimum Gasteiger partial charge on any atom is -0.457 e. The quantitative estimate of drug-likeness (QED) is 0.909. The van der Waals surface area contributed by atoms with Gasteiger partial charge >= 0.3 is 0 Å². The van der Waals surface area contributed by atoms with Crippen molar-refractivity contribution in [2.75, 3.05) is 0 Å². The number of benzene rings is 2. The molecule has 0 aliphatic carbocycles. The summed E-state index contributed by atoms with van der Waals surface area (Å²) >= 11 is 5.62. The van der Waals surface area contributed by atoms with E-state index in [9.17, 15) is 4.39 Å². The molecule has 0 atom stereocenters. The first-order chi connectivity index (χ1) is 8.61. The van der Waals surface area contributed by atoms with Crippen molar-refractivity contribution >= 4 is 11.6 Å². The van der Waals surface area contributed by atoms with Crippen molar-refractivity contribution in [1.29, 1.82) is 0 Å². The summed E-state index contributed by atoms with van der Waals surface area (Å²) in [6, 6.07) is 10.1. The molecule has 0 radical (unpaired) electrons. The van der Waals surface area contributed by atoms with Crippen LogP contribution in [0.2, 0.25) is 5.02 Å². The maximum absolute atomic E-state index is 13.3. The Kier molecular flexibility index (Phi) is 3.84. The van der Waals surface area contributed by atoms with E-state index in [4.69, 9.17) is 22.1 Å². The Balaban J connectivity index is 2.36. The van der Waals surface area contributed by atoms with E-state index in [2.05, 4.69) is 0 Å². The number of halogens is 2. The molecule has 0 aliphatic heterocycles. The van der Waals surface area contributed by atoms with Gasteiger partial charge in [-0.15, -0.1) is 0 Å². The fourth-order valence-electron chi connectivity index (χ4n) is 1.68. The van der Waals surface area contributed by atoms with E-state index in [1.807, 2.05) is 25.1 Å². The normalized spacial score (nSPS) is 10.4. The van der Waals surface area contributed by atoms with Crippen LogP contribution in [0.1, 0.15) is 11.1 Å². The van der Waals surface area contributed by atoms with Crippen LogP contribution in [-0.2, 0) is 6.54 Å². The zero-order chi connectivity index (χ0) is 13.1. The van der Waals surface area contributed by atoms with Gasteiger partial charge in [-0.1, -0.05) is 29.8 Å². The number of aryl methyl sites for hydroxylation is 1. The fraction of sp³-hybridized carbons (Fsp3) is 0.143. The Morgan fingerprint density at radius 3 is 2.72 bits per heavy atom. The molecule has 94 valence electrons. The lowest BCUT2D eigenvalue weighted by molar-refractivity contribution is 0.467. The minimum absolute atomic E-state index is 0.0752. The molecule has 2 aromatic carbocycles. The van der Waals surface area contributed by atoms with Crippen LogP contribution >= 0.6 is 11.6 Å². The summed E-state index contributed by atoms with van der Waals surface area (Å²) in [6.45, 7) is 2.29. The molecular formula is C14H13ClFNO. The molecule has 18 heavy (non-hydrogen) atoms. The molecule has 2 N–H and O–H groups in total. The van der Waals surface area contributed by atoms with E-state index in [0.717, 1.165) is 11.1 Å². The number of ether oxygens (including phenoxy) is 1. The summed E-state index contributed by atoms with van der Waals surface area (Å²) in [5.74, 6) is 0.569. The average Bonchev–Trinajstić information content (AvgIpc) is 2.36. The van der Waals surface area contributed by atoms with Gasteiger partial charge in [0.25, 0.3) is 0 Å². The second-order valence-corrected chi connectivity index (χ2v) is 4.35. The van der Waals surface area contributed by atoms with Crippen molar-refractivity contribution in [3.05, 3.63) is 58.4 Å². The van der Waals surface area contributed by atoms with Gasteiger partial charge < -0.3 is 10.5 Å². The molecule has 4 heteroatoms. The first kappa shape index (κ1) is 12.9. The van der Waals surface area contributed by atoms with Gasteiger partial charge in [0, 0.05) is 18.2 Å². The first-order valence-corrected chi connectivity index (χ1v) is 5.91. The molecule has 0 saturated carbocycles. The predicted molar refractivity (Wildman–Crippen MR) is 70.6 cm³/mol. The Bertz CT molecular complexity index is 572. The summed E-state index contributed by atoms with van der Waals surface area (Å²) in [4.78, 5) is 0. The molecular weight excluding hydrogens is 253 g/mol. The highest BCUT2D eigenvalue weighted by molar-refractivity contribution is 6.30. The molecule has 0 bridgehead atoms. The van der Waals surface area contributed by atoms with Crippen molar-refractivity contribution in [3.63, 3.8) is 0 Å². The molecule has 0 spiro atoms. The molecule has 0 aliphatic rings. The lowest BCUT2D eigenvalue weighted by atomic mass is 10.1. The number of nitrogens with two attached hydrogens (primary N) is 1. The van der Waals surface area contributed by atoms with Crippen LogP contribution in [0.25, 0.3) is 0 Å². The van der Waals surface area contributed by atoms with Crippen molar-refractivity contribution < 1.29 is 9.13 Å². The first-order valence-electron chi connectivity index (χ1n) is 5.53. The Morgan fingerprint density at radius 1 is 1.28 bits per heavy atom. The number of hydrogen-bond acceptors (Lipinski definition) is 2. The van der Waals surface area contributed by atoms with E-state index in [0.29, 0.717) is 18.0 Å². The lowest BCUT2D eigenvalue weighted by Gasteiger charge is -2.13. The van der Waals surface area contributed by atoms with Gasteiger partial charge in [-0.25, -0.2) is 4.39 Å². The zero-order valence-electron chi connectivity index (χ0n) is 9.91. The van der Waals surface area contributed by atoms with E-state index < -0.39 is 5.82 Å². The van der Waals surface area contributed by atoms with Crippen LogP contribution in [0, 0.1) is 12.7 Å². The van der Waals surface area contributed by atoms with Crippen LogP contribution in [0.15, 0.2) is 36.4 Å². The highest BCUT2D eigenvalue weighted by atomic mass is 35.5. The highest BCUT2D eigenvalue weighted by Gasteiger charge is 2.08. The number of para-hydroxylation sites is 1. The van der Waals surface area contributed by atoms with E-state index in [-0.39, 0.29) is 5.02 Å². The molecule has 0 aromatic heterocycles. The van der Waals surface area contributed by atoms with E-state index in [1.165, 1.54) is 12.1 Å². The van der Waals surface area contributed by atoms with Gasteiger partial charge in [-0.2, -0.15) is 0 Å². The summed E-state index contributed by atoms with van der Waals surface area (Å²) in [6.07, 6.45) is 0. The Hall–Kier alpha value is -1.58. The number of rotatable bonds is 3. The highest BCUT2D eigenvalue weighted by Crippen LogP contribution is 2.30. The summed E-state index contributed by atoms with van der Waals surface area (Å²) in [5, 5.41) is 0.0752. The SMILES string of the molecule is Cc1cccc(CN)c1Oc1ccc(Cl)c(F)c1. The molecule has 0 saturated heterocycles. The molecule has 2 rings (SSSR count). The largest absolute Gasteiger partial charge is 0.457 e. The third-order valence-corrected chi connectivity index (χ3v) is 2.93. The van der Waals surface area contributed by atoms with Gasteiger partial charge in [0.1, 0.15) is 17.3 Å². The van der Waals surface area contributed by atoms with Crippen molar-refractivity contribution in [3.8, 4) is 11.5 Å². The maximum Gasteiger partial charge on any atom is 0.145 e. The zero-order valence-corrected chi connectivity index (χ0v) is 10.7. The summed E-state index contributed by atoms with van der Waals surface area (Å²) in [5.41, 5.74) is 7.48. The number of hydrogen-bond donors (Lipinski definition) is 1. The van der Waals surface area contributed by atoms with Gasteiger partial charge in [0.05, 0.1) is 5.02 Å². The predicted octanol–water partition coefficient (Wildman–Crippen LogP) is 4.04. The molecule has 2 aromatic rings. The topological polar surface area (TPSA) is 35.2 Å². The summed E-state index contributed by atoms with van der Waals surface area (Å²) < 4.78 is 19.0. The van der Waals surface area contributed by atoms with E-state index >= 15 is 0 Å². The van der Waals surface area contributed by atoms with Gasteiger partial charge in [-0.3, -0.25) is 0 Å². The van der Waals surface area contributed by atoms with Crippen molar-refractivity contribution in [1.82, 2.24) is 0 Å². The van der Waals surface area contributed by atoms with Crippen molar-refractivity contribution in [2.24, 2.45) is 5.73 Å². The van der Waals surface area contributed by atoms with Gasteiger partial charge in [-0.05, 0) is 24.6 Å². The Morgan fingerprint density at radius 2 is 2.06 bits per heavy atom. The fourth-order valence-corrected chi connectivity index (χ4v) is 1.80. The maximum atomic E-state index is 13.3. The van der Waals surface area contributed by atoms with E-state index in [1.54, 1.807) is 6.07 Å². The Labute approximate surface area is 110 Å².